The first kappa shape index (κ1) is 14.7. The maximum atomic E-state index is 10.3. The molecular weight excluding hydrogens is 230 g/mol. The van der Waals surface area contributed by atoms with E-state index in [2.05, 4.69) is 5.32 Å². The summed E-state index contributed by atoms with van der Waals surface area (Å²) in [4.78, 5) is 10.3. The van der Waals surface area contributed by atoms with Crippen LogP contribution in [0.5, 0.6) is 0 Å². The van der Waals surface area contributed by atoms with Crippen LogP contribution in [0.2, 0.25) is 0 Å². The molecule has 0 spiro atoms. The fourth-order valence-electron chi connectivity index (χ4n) is 1.83. The lowest BCUT2D eigenvalue weighted by molar-refractivity contribution is -0.137. The number of aliphatic carboxylic acids is 1. The minimum Gasteiger partial charge on any atom is -0.481 e. The van der Waals surface area contributed by atoms with Crippen molar-refractivity contribution in [3.63, 3.8) is 0 Å². The Bertz CT molecular complexity index is 340. The van der Waals surface area contributed by atoms with Gasteiger partial charge >= 0.3 is 5.97 Å². The van der Waals surface area contributed by atoms with Crippen LogP contribution >= 0.6 is 0 Å². The lowest BCUT2D eigenvalue weighted by atomic mass is 10.1. The van der Waals surface area contributed by atoms with Crippen molar-refractivity contribution >= 4 is 5.97 Å². The molecule has 0 radical (unpaired) electrons. The highest BCUT2D eigenvalue weighted by molar-refractivity contribution is 5.66. The molecule has 1 aromatic carbocycles. The Hall–Kier alpha value is -1.39. The quantitative estimate of drug-likeness (QED) is 0.587. The number of rotatable bonds is 9. The summed E-state index contributed by atoms with van der Waals surface area (Å²) >= 11 is 0. The number of carboxylic acid groups (broad SMARTS) is 1. The summed E-state index contributed by atoms with van der Waals surface area (Å²) in [5, 5.41) is 21.1. The van der Waals surface area contributed by atoms with Gasteiger partial charge in [0.15, 0.2) is 0 Å². The Morgan fingerprint density at radius 2 is 1.89 bits per heavy atom. The van der Waals surface area contributed by atoms with Crippen molar-refractivity contribution in [1.29, 1.82) is 0 Å². The molecule has 1 unspecified atom stereocenters. The van der Waals surface area contributed by atoms with E-state index in [-0.39, 0.29) is 19.1 Å². The number of hydrogen-bond donors (Lipinski definition) is 3. The molecule has 1 aromatic rings. The van der Waals surface area contributed by atoms with Crippen LogP contribution in [0.3, 0.4) is 0 Å². The van der Waals surface area contributed by atoms with Crippen molar-refractivity contribution in [3.8, 4) is 0 Å². The fourth-order valence-corrected chi connectivity index (χ4v) is 1.83. The molecule has 0 saturated carbocycles. The van der Waals surface area contributed by atoms with Crippen molar-refractivity contribution in [2.75, 3.05) is 13.2 Å². The molecule has 0 aliphatic heterocycles. The molecule has 4 nitrogen and oxygen atoms in total. The van der Waals surface area contributed by atoms with Crippen LogP contribution in [-0.4, -0.2) is 29.3 Å². The van der Waals surface area contributed by atoms with E-state index >= 15 is 0 Å². The number of carboxylic acids is 1. The smallest absolute Gasteiger partial charge is 0.303 e. The van der Waals surface area contributed by atoms with Gasteiger partial charge in [-0.05, 0) is 24.9 Å². The van der Waals surface area contributed by atoms with E-state index in [9.17, 15) is 9.90 Å². The second kappa shape index (κ2) is 8.66. The van der Waals surface area contributed by atoms with Gasteiger partial charge in [0.25, 0.3) is 0 Å². The van der Waals surface area contributed by atoms with Crippen molar-refractivity contribution in [1.82, 2.24) is 5.32 Å². The van der Waals surface area contributed by atoms with Gasteiger partial charge in [0, 0.05) is 6.42 Å². The molecule has 4 heteroatoms. The highest BCUT2D eigenvalue weighted by Crippen LogP contribution is 2.11. The summed E-state index contributed by atoms with van der Waals surface area (Å²) < 4.78 is 0. The van der Waals surface area contributed by atoms with Gasteiger partial charge in [-0.25, -0.2) is 0 Å². The van der Waals surface area contributed by atoms with E-state index in [1.807, 2.05) is 30.3 Å². The molecule has 0 fully saturated rings. The molecule has 100 valence electrons. The van der Waals surface area contributed by atoms with Crippen LogP contribution in [0.4, 0.5) is 0 Å². The zero-order valence-corrected chi connectivity index (χ0v) is 10.5. The number of benzene rings is 1. The normalized spacial score (nSPS) is 12.3. The standard InChI is InChI=1S/C14H21NO3/c16-11-13(12-7-3-1-4-8-12)15-10-6-2-5-9-14(17)18/h1,3-4,7-8,13,15-16H,2,5-6,9-11H2,(H,17,18). The molecule has 0 saturated heterocycles. The minimum atomic E-state index is -0.736. The Labute approximate surface area is 108 Å². The number of hydrogen-bond acceptors (Lipinski definition) is 3. The average molecular weight is 251 g/mol. The van der Waals surface area contributed by atoms with E-state index in [0.717, 1.165) is 24.9 Å². The summed E-state index contributed by atoms with van der Waals surface area (Å²) in [6, 6.07) is 9.78. The van der Waals surface area contributed by atoms with Crippen molar-refractivity contribution in [3.05, 3.63) is 35.9 Å². The topological polar surface area (TPSA) is 69.6 Å². The molecule has 0 aromatic heterocycles. The minimum absolute atomic E-state index is 0.0364. The predicted octanol–water partition coefficient (Wildman–Crippen LogP) is 1.95. The van der Waals surface area contributed by atoms with Gasteiger partial charge < -0.3 is 15.5 Å². The highest BCUT2D eigenvalue weighted by atomic mass is 16.4. The van der Waals surface area contributed by atoms with Gasteiger partial charge in [-0.2, -0.15) is 0 Å². The Morgan fingerprint density at radius 3 is 2.50 bits per heavy atom. The summed E-state index contributed by atoms with van der Waals surface area (Å²) in [6.07, 6.45) is 2.77. The summed E-state index contributed by atoms with van der Waals surface area (Å²) in [6.45, 7) is 0.860. The molecule has 0 aliphatic rings. The number of aliphatic hydroxyl groups is 1. The zero-order valence-electron chi connectivity index (χ0n) is 10.5. The number of carbonyl (C=O) groups is 1. The van der Waals surface area contributed by atoms with Crippen LogP contribution in [0.25, 0.3) is 0 Å². The Balaban J connectivity index is 2.19. The maximum Gasteiger partial charge on any atom is 0.303 e. The predicted molar refractivity (Wildman–Crippen MR) is 70.4 cm³/mol. The summed E-state index contributed by atoms with van der Waals surface area (Å²) in [5.41, 5.74) is 1.07. The van der Waals surface area contributed by atoms with E-state index in [4.69, 9.17) is 5.11 Å². The first-order valence-electron chi connectivity index (χ1n) is 6.35. The summed E-state index contributed by atoms with van der Waals surface area (Å²) in [5.74, 6) is -0.736. The fraction of sp³-hybridized carbons (Fsp3) is 0.500. The molecule has 1 rings (SSSR count). The Morgan fingerprint density at radius 1 is 1.17 bits per heavy atom. The number of nitrogens with one attached hydrogen (secondary N) is 1. The lowest BCUT2D eigenvalue weighted by Crippen LogP contribution is -2.25. The Kier molecular flexibility index (Phi) is 7.06. The number of unbranched alkanes of at least 4 members (excludes halogenated alkanes) is 2. The SMILES string of the molecule is O=C(O)CCCCCNC(CO)c1ccccc1. The molecule has 1 atom stereocenters. The van der Waals surface area contributed by atoms with Gasteiger partial charge in [-0.1, -0.05) is 36.8 Å². The molecule has 0 heterocycles. The molecule has 18 heavy (non-hydrogen) atoms. The van der Waals surface area contributed by atoms with E-state index in [1.165, 1.54) is 0 Å². The van der Waals surface area contributed by atoms with Crippen LogP contribution < -0.4 is 5.32 Å². The van der Waals surface area contributed by atoms with Crippen LogP contribution in [0, 0.1) is 0 Å². The zero-order chi connectivity index (χ0) is 13.2. The molecular formula is C14H21NO3. The monoisotopic (exact) mass is 251 g/mol. The summed E-state index contributed by atoms with van der Waals surface area (Å²) in [7, 11) is 0. The van der Waals surface area contributed by atoms with Crippen LogP contribution in [0.1, 0.15) is 37.3 Å². The van der Waals surface area contributed by atoms with Gasteiger partial charge in [-0.15, -0.1) is 0 Å². The van der Waals surface area contributed by atoms with Gasteiger partial charge in [0.2, 0.25) is 0 Å². The third-order valence-corrected chi connectivity index (χ3v) is 2.84. The first-order valence-corrected chi connectivity index (χ1v) is 6.35. The molecule has 0 amide bonds. The van der Waals surface area contributed by atoms with Crippen LogP contribution in [0.15, 0.2) is 30.3 Å². The van der Waals surface area contributed by atoms with Gasteiger partial charge in [0.1, 0.15) is 0 Å². The number of aliphatic hydroxyl groups excluding tert-OH is 1. The second-order valence-electron chi connectivity index (χ2n) is 4.30. The molecule has 3 N–H and O–H groups in total. The largest absolute Gasteiger partial charge is 0.481 e. The van der Waals surface area contributed by atoms with E-state index in [1.54, 1.807) is 0 Å². The molecule has 0 aliphatic carbocycles. The second-order valence-corrected chi connectivity index (χ2v) is 4.30. The van der Waals surface area contributed by atoms with Crippen molar-refractivity contribution in [2.45, 2.75) is 31.7 Å². The third-order valence-electron chi connectivity index (χ3n) is 2.84. The maximum absolute atomic E-state index is 10.3. The van der Waals surface area contributed by atoms with E-state index < -0.39 is 5.97 Å². The van der Waals surface area contributed by atoms with E-state index in [0.29, 0.717) is 6.42 Å². The highest BCUT2D eigenvalue weighted by Gasteiger charge is 2.08. The molecule has 0 bridgehead atoms. The van der Waals surface area contributed by atoms with Crippen molar-refractivity contribution in [2.24, 2.45) is 0 Å². The van der Waals surface area contributed by atoms with Crippen molar-refractivity contribution < 1.29 is 15.0 Å². The lowest BCUT2D eigenvalue weighted by Gasteiger charge is -2.16. The van der Waals surface area contributed by atoms with Gasteiger partial charge in [0.05, 0.1) is 12.6 Å². The third kappa shape index (κ3) is 5.80. The first-order chi connectivity index (χ1) is 8.74. The van der Waals surface area contributed by atoms with Gasteiger partial charge in [-0.3, -0.25) is 4.79 Å². The average Bonchev–Trinajstić information content (AvgIpc) is 2.38. The van der Waals surface area contributed by atoms with Crippen LogP contribution in [-0.2, 0) is 4.79 Å².